The van der Waals surface area contributed by atoms with Crippen LogP contribution < -0.4 is 0 Å². The van der Waals surface area contributed by atoms with Crippen LogP contribution in [0, 0.1) is 23.2 Å². The molecule has 1 heterocycles. The Bertz CT molecular complexity index is 333. The van der Waals surface area contributed by atoms with Crippen molar-refractivity contribution >= 4 is 0 Å². The summed E-state index contributed by atoms with van der Waals surface area (Å²) in [7, 11) is 0. The zero-order valence-corrected chi connectivity index (χ0v) is 6.13. The van der Waals surface area contributed by atoms with Gasteiger partial charge in [-0.05, 0) is 25.0 Å². The molecule has 0 aliphatic rings. The molecule has 0 bridgehead atoms. The molecule has 11 heavy (non-hydrogen) atoms. The minimum atomic E-state index is 0.562. The van der Waals surface area contributed by atoms with Gasteiger partial charge < -0.3 is 0 Å². The Labute approximate surface area is 65.5 Å². The number of nitriles is 1. The van der Waals surface area contributed by atoms with E-state index < -0.39 is 0 Å². The van der Waals surface area contributed by atoms with Crippen LogP contribution in [-0.4, -0.2) is 4.98 Å². The van der Waals surface area contributed by atoms with Crippen LogP contribution in [0.1, 0.15) is 18.2 Å². The molecule has 0 radical (unpaired) electrons. The van der Waals surface area contributed by atoms with Gasteiger partial charge in [-0.3, -0.25) is 0 Å². The first-order valence-corrected chi connectivity index (χ1v) is 3.15. The lowest BCUT2D eigenvalue weighted by Gasteiger charge is -1.87. The van der Waals surface area contributed by atoms with E-state index in [0.29, 0.717) is 11.3 Å². The van der Waals surface area contributed by atoms with E-state index in [1.54, 1.807) is 19.1 Å². The number of rotatable bonds is 0. The van der Waals surface area contributed by atoms with Gasteiger partial charge in [-0.25, -0.2) is 4.98 Å². The van der Waals surface area contributed by atoms with E-state index >= 15 is 0 Å². The summed E-state index contributed by atoms with van der Waals surface area (Å²) in [5, 5.41) is 8.43. The second-order valence-electron chi connectivity index (χ2n) is 1.92. The summed E-state index contributed by atoms with van der Waals surface area (Å²) < 4.78 is 0. The maximum absolute atomic E-state index is 8.43. The van der Waals surface area contributed by atoms with E-state index in [9.17, 15) is 0 Å². The van der Waals surface area contributed by atoms with Gasteiger partial charge in [-0.15, -0.1) is 0 Å². The van der Waals surface area contributed by atoms with Crippen molar-refractivity contribution in [2.75, 3.05) is 0 Å². The second-order valence-corrected chi connectivity index (χ2v) is 1.92. The normalized spacial score (nSPS) is 7.64. The van der Waals surface area contributed by atoms with Gasteiger partial charge in [-0.1, -0.05) is 5.92 Å². The maximum atomic E-state index is 8.43. The average molecular weight is 142 g/mol. The molecule has 0 atom stereocenters. The molecule has 0 N–H and O–H groups in total. The van der Waals surface area contributed by atoms with Gasteiger partial charge in [0.15, 0.2) is 0 Å². The van der Waals surface area contributed by atoms with Crippen molar-refractivity contribution in [1.82, 2.24) is 4.98 Å². The molecule has 1 rings (SSSR count). The summed E-state index contributed by atoms with van der Waals surface area (Å²) in [5.41, 5.74) is 1.26. The van der Waals surface area contributed by atoms with Crippen molar-refractivity contribution < 1.29 is 0 Å². The fraction of sp³-hybridized carbons (Fsp3) is 0.111. The highest BCUT2D eigenvalue weighted by molar-refractivity contribution is 5.32. The van der Waals surface area contributed by atoms with E-state index in [0.717, 1.165) is 0 Å². The van der Waals surface area contributed by atoms with Crippen LogP contribution in [0.25, 0.3) is 0 Å². The van der Waals surface area contributed by atoms with E-state index in [-0.39, 0.29) is 0 Å². The van der Waals surface area contributed by atoms with Crippen LogP contribution in [0.5, 0.6) is 0 Å². The highest BCUT2D eigenvalue weighted by Crippen LogP contribution is 1.96. The van der Waals surface area contributed by atoms with Crippen LogP contribution in [0.15, 0.2) is 18.3 Å². The average Bonchev–Trinajstić information content (AvgIpc) is 2.07. The lowest BCUT2D eigenvalue weighted by molar-refractivity contribution is 1.27. The Morgan fingerprint density at radius 2 is 2.27 bits per heavy atom. The van der Waals surface area contributed by atoms with Crippen LogP contribution in [0.4, 0.5) is 0 Å². The van der Waals surface area contributed by atoms with Crippen LogP contribution in [0.2, 0.25) is 0 Å². The molecule has 0 fully saturated rings. The van der Waals surface area contributed by atoms with Crippen molar-refractivity contribution in [3.8, 4) is 17.9 Å². The van der Waals surface area contributed by atoms with Gasteiger partial charge in [0.25, 0.3) is 0 Å². The zero-order chi connectivity index (χ0) is 8.10. The summed E-state index contributed by atoms with van der Waals surface area (Å²) in [4.78, 5) is 3.94. The smallest absolute Gasteiger partial charge is 0.113 e. The Balaban J connectivity index is 3.00. The SMILES string of the molecule is CC#Cc1ccc(C#N)cn1. The number of nitrogens with zero attached hydrogens (tertiary/aromatic N) is 2. The van der Waals surface area contributed by atoms with Gasteiger partial charge in [0, 0.05) is 6.20 Å². The van der Waals surface area contributed by atoms with Gasteiger partial charge in [0.05, 0.1) is 5.56 Å². The Hall–Kier alpha value is -1.80. The molecule has 0 saturated carbocycles. The molecular formula is C9H6N2. The van der Waals surface area contributed by atoms with Crippen molar-refractivity contribution in [1.29, 1.82) is 5.26 Å². The predicted molar refractivity (Wildman–Crippen MR) is 41.5 cm³/mol. The molecular weight excluding hydrogens is 136 g/mol. The molecule has 52 valence electrons. The van der Waals surface area contributed by atoms with Crippen molar-refractivity contribution in [2.24, 2.45) is 0 Å². The predicted octanol–water partition coefficient (Wildman–Crippen LogP) is 1.32. The highest BCUT2D eigenvalue weighted by atomic mass is 14.7. The molecule has 1 aromatic heterocycles. The van der Waals surface area contributed by atoms with Gasteiger partial charge in [0.1, 0.15) is 11.8 Å². The zero-order valence-electron chi connectivity index (χ0n) is 6.13. The molecule has 0 saturated heterocycles. The summed E-state index contributed by atoms with van der Waals surface area (Å²) >= 11 is 0. The van der Waals surface area contributed by atoms with E-state index in [1.807, 2.05) is 6.07 Å². The molecule has 1 aromatic rings. The first kappa shape index (κ1) is 7.31. The number of hydrogen-bond acceptors (Lipinski definition) is 2. The Kier molecular flexibility index (Phi) is 2.25. The maximum Gasteiger partial charge on any atom is 0.113 e. The van der Waals surface area contributed by atoms with Gasteiger partial charge in [-0.2, -0.15) is 5.26 Å². The quantitative estimate of drug-likeness (QED) is 0.512. The number of hydrogen-bond donors (Lipinski definition) is 0. The lowest BCUT2D eigenvalue weighted by atomic mass is 10.3. The first-order chi connectivity index (χ1) is 5.36. The summed E-state index contributed by atoms with van der Waals surface area (Å²) in [6.45, 7) is 1.75. The van der Waals surface area contributed by atoms with Crippen LogP contribution in [0.3, 0.4) is 0 Å². The highest BCUT2D eigenvalue weighted by Gasteiger charge is 1.89. The number of aromatic nitrogens is 1. The third-order valence-corrected chi connectivity index (χ3v) is 1.15. The fourth-order valence-electron chi connectivity index (χ4n) is 0.662. The number of pyridine rings is 1. The van der Waals surface area contributed by atoms with Gasteiger partial charge >= 0.3 is 0 Å². The van der Waals surface area contributed by atoms with E-state index in [2.05, 4.69) is 16.8 Å². The topological polar surface area (TPSA) is 36.7 Å². The van der Waals surface area contributed by atoms with E-state index in [4.69, 9.17) is 5.26 Å². The third kappa shape index (κ3) is 1.81. The molecule has 0 amide bonds. The third-order valence-electron chi connectivity index (χ3n) is 1.15. The molecule has 0 aliphatic heterocycles. The second kappa shape index (κ2) is 3.39. The molecule has 0 spiro atoms. The Morgan fingerprint density at radius 3 is 2.73 bits per heavy atom. The summed E-state index contributed by atoms with van der Waals surface area (Å²) in [6.07, 6.45) is 1.51. The van der Waals surface area contributed by atoms with Crippen molar-refractivity contribution in [2.45, 2.75) is 6.92 Å². The minimum absolute atomic E-state index is 0.562. The minimum Gasteiger partial charge on any atom is -0.246 e. The van der Waals surface area contributed by atoms with Crippen molar-refractivity contribution in [3.05, 3.63) is 29.6 Å². The largest absolute Gasteiger partial charge is 0.246 e. The molecule has 2 nitrogen and oxygen atoms in total. The standard InChI is InChI=1S/C9H6N2/c1-2-3-9-5-4-8(6-10)7-11-9/h4-5,7H,1H3. The van der Waals surface area contributed by atoms with Crippen LogP contribution in [-0.2, 0) is 0 Å². The molecule has 0 unspecified atom stereocenters. The Morgan fingerprint density at radius 1 is 1.45 bits per heavy atom. The van der Waals surface area contributed by atoms with Gasteiger partial charge in [0.2, 0.25) is 0 Å². The first-order valence-electron chi connectivity index (χ1n) is 3.15. The molecule has 0 aliphatic carbocycles. The summed E-state index contributed by atoms with van der Waals surface area (Å²) in [6, 6.07) is 5.42. The molecule has 2 heteroatoms. The molecule has 0 aromatic carbocycles. The fourth-order valence-corrected chi connectivity index (χ4v) is 0.662. The lowest BCUT2D eigenvalue weighted by Crippen LogP contribution is -1.82. The monoisotopic (exact) mass is 142 g/mol. The van der Waals surface area contributed by atoms with E-state index in [1.165, 1.54) is 6.20 Å². The van der Waals surface area contributed by atoms with Crippen LogP contribution >= 0.6 is 0 Å². The van der Waals surface area contributed by atoms with Crippen molar-refractivity contribution in [3.63, 3.8) is 0 Å². The summed E-state index contributed by atoms with van der Waals surface area (Å²) in [5.74, 6) is 5.51.